The van der Waals surface area contributed by atoms with E-state index < -0.39 is 11.8 Å². The first-order valence-electron chi connectivity index (χ1n) is 9.16. The fourth-order valence-electron chi connectivity index (χ4n) is 2.86. The molecule has 2 aromatic rings. The minimum Gasteiger partial charge on any atom is -0.490 e. The molecule has 0 radical (unpaired) electrons. The van der Waals surface area contributed by atoms with E-state index in [0.29, 0.717) is 28.1 Å². The number of carbonyl (C=O) groups excluding carboxylic acids is 2. The average molecular weight is 554 g/mol. The molecule has 1 aliphatic rings. The van der Waals surface area contributed by atoms with E-state index in [0.717, 1.165) is 4.90 Å². The van der Waals surface area contributed by atoms with Crippen molar-refractivity contribution >= 4 is 80.0 Å². The van der Waals surface area contributed by atoms with E-state index in [1.54, 1.807) is 30.3 Å². The number of amides is 2. The number of carbonyl (C=O) groups is 2. The first-order valence-corrected chi connectivity index (χ1v) is 11.1. The van der Waals surface area contributed by atoms with Crippen LogP contribution in [0.4, 0.5) is 5.69 Å². The topological polar surface area (TPSA) is 67.9 Å². The summed E-state index contributed by atoms with van der Waals surface area (Å²) in [6.07, 6.45) is 6.68. The quantitative estimate of drug-likeness (QED) is 0.236. The zero-order valence-electron chi connectivity index (χ0n) is 16.6. The van der Waals surface area contributed by atoms with Crippen LogP contribution in [0.1, 0.15) is 12.5 Å². The minimum atomic E-state index is -0.652. The van der Waals surface area contributed by atoms with Gasteiger partial charge in [-0.2, -0.15) is 0 Å². The van der Waals surface area contributed by atoms with Gasteiger partial charge in [0.2, 0.25) is 0 Å². The van der Waals surface area contributed by atoms with Crippen LogP contribution in [0.3, 0.4) is 0 Å². The van der Waals surface area contributed by atoms with Crippen LogP contribution in [-0.2, 0) is 9.59 Å². The molecule has 6 nitrogen and oxygen atoms in total. The average Bonchev–Trinajstić information content (AvgIpc) is 2.74. The van der Waals surface area contributed by atoms with Gasteiger partial charge < -0.3 is 9.47 Å². The normalized spacial score (nSPS) is 14.9. The van der Waals surface area contributed by atoms with Crippen molar-refractivity contribution in [2.75, 3.05) is 18.1 Å². The number of rotatable bonds is 6. The monoisotopic (exact) mass is 552 g/mol. The largest absolute Gasteiger partial charge is 0.490 e. The van der Waals surface area contributed by atoms with Gasteiger partial charge in [0.05, 0.1) is 22.3 Å². The van der Waals surface area contributed by atoms with Crippen LogP contribution in [-0.4, -0.2) is 30.1 Å². The van der Waals surface area contributed by atoms with Crippen molar-refractivity contribution in [3.63, 3.8) is 0 Å². The lowest BCUT2D eigenvalue weighted by Crippen LogP contribution is -2.54. The third kappa shape index (κ3) is 4.92. The van der Waals surface area contributed by atoms with Crippen molar-refractivity contribution < 1.29 is 19.1 Å². The molecular formula is C22H15BrCl2N2O4S. The van der Waals surface area contributed by atoms with Crippen molar-refractivity contribution in [3.8, 4) is 23.8 Å². The summed E-state index contributed by atoms with van der Waals surface area (Å²) >= 11 is 21.0. The molecule has 0 aromatic heterocycles. The van der Waals surface area contributed by atoms with Crippen LogP contribution >= 0.6 is 51.3 Å². The summed E-state index contributed by atoms with van der Waals surface area (Å²) in [6, 6.07) is 8.07. The Bertz CT molecular complexity index is 1190. The lowest BCUT2D eigenvalue weighted by atomic mass is 10.1. The Balaban J connectivity index is 2.07. The molecule has 164 valence electrons. The van der Waals surface area contributed by atoms with Crippen LogP contribution < -0.4 is 19.7 Å². The van der Waals surface area contributed by atoms with Gasteiger partial charge in [-0.15, -0.1) is 6.42 Å². The van der Waals surface area contributed by atoms with Gasteiger partial charge in [0.15, 0.2) is 16.6 Å². The number of anilines is 1. The fraction of sp³-hybridized carbons (Fsp3) is 0.136. The lowest BCUT2D eigenvalue weighted by Gasteiger charge is -2.29. The molecule has 0 bridgehead atoms. The Morgan fingerprint density at radius 1 is 1.25 bits per heavy atom. The predicted octanol–water partition coefficient (Wildman–Crippen LogP) is 5.00. The van der Waals surface area contributed by atoms with E-state index in [2.05, 4.69) is 27.2 Å². The van der Waals surface area contributed by atoms with Gasteiger partial charge in [0.25, 0.3) is 11.8 Å². The summed E-state index contributed by atoms with van der Waals surface area (Å²) in [5.74, 6) is 1.92. The smallest absolute Gasteiger partial charge is 0.270 e. The third-order valence-corrected chi connectivity index (χ3v) is 6.03. The molecule has 0 atom stereocenters. The summed E-state index contributed by atoms with van der Waals surface area (Å²) in [4.78, 5) is 27.0. The van der Waals surface area contributed by atoms with Gasteiger partial charge in [-0.3, -0.25) is 19.8 Å². The van der Waals surface area contributed by atoms with E-state index in [1.165, 1.54) is 6.08 Å². The lowest BCUT2D eigenvalue weighted by molar-refractivity contribution is -0.122. The maximum Gasteiger partial charge on any atom is 0.270 e. The highest BCUT2D eigenvalue weighted by molar-refractivity contribution is 9.10. The van der Waals surface area contributed by atoms with Crippen LogP contribution in [0.15, 0.2) is 40.4 Å². The molecule has 32 heavy (non-hydrogen) atoms. The number of hydrogen-bond acceptors (Lipinski definition) is 5. The third-order valence-electron chi connectivity index (χ3n) is 4.25. The summed E-state index contributed by atoms with van der Waals surface area (Å²) in [5, 5.41) is 2.78. The van der Waals surface area contributed by atoms with Crippen molar-refractivity contribution in [3.05, 3.63) is 56.0 Å². The molecule has 0 aliphatic carbocycles. The SMILES string of the molecule is C#CCOc1cc(Br)c(/C=C2\C(=O)NC(=S)N(c3cccc(Cl)c3Cl)C2=O)cc1OCC. The van der Waals surface area contributed by atoms with Crippen molar-refractivity contribution in [2.24, 2.45) is 0 Å². The second kappa shape index (κ2) is 10.4. The second-order valence-electron chi connectivity index (χ2n) is 6.28. The molecular weight excluding hydrogens is 539 g/mol. The van der Waals surface area contributed by atoms with Crippen LogP contribution in [0.5, 0.6) is 11.5 Å². The molecule has 3 rings (SSSR count). The molecule has 1 aliphatic heterocycles. The molecule has 1 heterocycles. The zero-order chi connectivity index (χ0) is 23.4. The molecule has 2 aromatic carbocycles. The van der Waals surface area contributed by atoms with Crippen molar-refractivity contribution in [1.82, 2.24) is 5.32 Å². The number of halogens is 3. The molecule has 0 saturated carbocycles. The highest BCUT2D eigenvalue weighted by Crippen LogP contribution is 2.37. The molecule has 0 spiro atoms. The van der Waals surface area contributed by atoms with Crippen molar-refractivity contribution in [1.29, 1.82) is 0 Å². The molecule has 2 amide bonds. The summed E-state index contributed by atoms with van der Waals surface area (Å²) in [6.45, 7) is 2.25. The number of hydrogen-bond donors (Lipinski definition) is 1. The van der Waals surface area contributed by atoms with E-state index in [-0.39, 0.29) is 33.0 Å². The standard InChI is InChI=1S/C22H15BrCl2N2O4S/c1-3-8-31-18-11-14(23)12(10-17(18)30-4-2)9-13-20(28)26-22(32)27(21(13)29)16-7-5-6-15(24)19(16)25/h1,5-7,9-11H,4,8H2,2H3,(H,26,28,32)/b13-9+. The predicted molar refractivity (Wildman–Crippen MR) is 132 cm³/mol. The Morgan fingerprint density at radius 3 is 2.66 bits per heavy atom. The van der Waals surface area contributed by atoms with Crippen LogP contribution in [0.25, 0.3) is 6.08 Å². The van der Waals surface area contributed by atoms with Gasteiger partial charge in [0.1, 0.15) is 12.2 Å². The first kappa shape index (κ1) is 24.1. The number of thiocarbonyl (C=S) groups is 1. The Hall–Kier alpha value is -2.57. The Labute approximate surface area is 208 Å². The highest BCUT2D eigenvalue weighted by Gasteiger charge is 2.36. The van der Waals surface area contributed by atoms with Crippen molar-refractivity contribution in [2.45, 2.75) is 6.92 Å². The van der Waals surface area contributed by atoms with Crippen LogP contribution in [0.2, 0.25) is 10.0 Å². The summed E-state index contributed by atoms with van der Waals surface area (Å²) < 4.78 is 11.7. The number of ether oxygens (including phenoxy) is 2. The number of terminal acetylenes is 1. The fourth-order valence-corrected chi connectivity index (χ4v) is 3.95. The van der Waals surface area contributed by atoms with Gasteiger partial charge in [-0.25, -0.2) is 0 Å². The Kier molecular flexibility index (Phi) is 7.80. The number of nitrogens with one attached hydrogen (secondary N) is 1. The van der Waals surface area contributed by atoms with Gasteiger partial charge in [0, 0.05) is 4.47 Å². The minimum absolute atomic E-state index is 0.0562. The van der Waals surface area contributed by atoms with Gasteiger partial charge >= 0.3 is 0 Å². The Morgan fingerprint density at radius 2 is 1.97 bits per heavy atom. The number of benzene rings is 2. The maximum absolute atomic E-state index is 13.3. The van der Waals surface area contributed by atoms with Crippen LogP contribution in [0, 0.1) is 12.3 Å². The molecule has 1 saturated heterocycles. The first-order chi connectivity index (χ1) is 15.3. The molecule has 1 N–H and O–H groups in total. The maximum atomic E-state index is 13.3. The van der Waals surface area contributed by atoms with E-state index in [4.69, 9.17) is 51.3 Å². The highest BCUT2D eigenvalue weighted by atomic mass is 79.9. The van der Waals surface area contributed by atoms with Gasteiger partial charge in [-0.1, -0.05) is 51.1 Å². The van der Waals surface area contributed by atoms with E-state index in [9.17, 15) is 9.59 Å². The van der Waals surface area contributed by atoms with Gasteiger partial charge in [-0.05, 0) is 55.0 Å². The van der Waals surface area contributed by atoms with E-state index in [1.807, 2.05) is 6.92 Å². The summed E-state index contributed by atoms with van der Waals surface area (Å²) in [7, 11) is 0. The summed E-state index contributed by atoms with van der Waals surface area (Å²) in [5.41, 5.74) is 0.604. The van der Waals surface area contributed by atoms with E-state index >= 15 is 0 Å². The zero-order valence-corrected chi connectivity index (χ0v) is 20.5. The molecule has 1 fully saturated rings. The second-order valence-corrected chi connectivity index (χ2v) is 8.30. The molecule has 10 heteroatoms. The molecule has 0 unspecified atom stereocenters. The number of nitrogens with zero attached hydrogens (tertiary/aromatic N) is 1.